The van der Waals surface area contributed by atoms with E-state index in [4.69, 9.17) is 14.3 Å². The first-order valence-electron chi connectivity index (χ1n) is 9.32. The molecule has 2 N–H and O–H groups in total. The summed E-state index contributed by atoms with van der Waals surface area (Å²) in [4.78, 5) is 28.2. The maximum absolute atomic E-state index is 12.9. The third-order valence-corrected chi connectivity index (χ3v) is 4.37. The highest BCUT2D eigenvalue weighted by Crippen LogP contribution is 2.25. The lowest BCUT2D eigenvalue weighted by molar-refractivity contribution is -0.139. The summed E-state index contributed by atoms with van der Waals surface area (Å²) in [6.45, 7) is -0.476. The summed E-state index contributed by atoms with van der Waals surface area (Å²) >= 11 is 0. The van der Waals surface area contributed by atoms with E-state index in [0.717, 1.165) is 0 Å². The van der Waals surface area contributed by atoms with E-state index in [0.29, 0.717) is 39.2 Å². The number of hydrogen-bond acceptors (Lipinski definition) is 6. The summed E-state index contributed by atoms with van der Waals surface area (Å²) in [7, 11) is 0. The summed E-state index contributed by atoms with van der Waals surface area (Å²) in [6, 6.07) is 19.2. The predicted octanol–water partition coefficient (Wildman–Crippen LogP) is 3.72. The van der Waals surface area contributed by atoms with Crippen molar-refractivity contribution in [3.8, 4) is 17.2 Å². The molecule has 2 aromatic carbocycles. The maximum atomic E-state index is 12.9. The molecule has 0 radical (unpaired) electrons. The third kappa shape index (κ3) is 4.59. The Kier molecular flexibility index (Phi) is 5.70. The molecule has 4 rings (SSSR count). The van der Waals surface area contributed by atoms with Crippen molar-refractivity contribution in [3.05, 3.63) is 84.1 Å². The number of carboxylic acid groups (broad SMARTS) is 1. The maximum Gasteiger partial charge on any atom is 0.341 e. The number of nitrogens with one attached hydrogen (secondary N) is 1. The van der Waals surface area contributed by atoms with E-state index in [9.17, 15) is 9.59 Å². The number of carboxylic acids is 1. The first-order chi connectivity index (χ1) is 15.1. The minimum absolute atomic E-state index is 0.345. The fourth-order valence-electron chi connectivity index (χ4n) is 2.99. The monoisotopic (exact) mass is 415 g/mol. The molecule has 0 aliphatic rings. The molecule has 0 bridgehead atoms. The number of aromatic nitrogens is 1. The number of pyridine rings is 1. The van der Waals surface area contributed by atoms with Gasteiger partial charge in [0.25, 0.3) is 5.91 Å². The van der Waals surface area contributed by atoms with Gasteiger partial charge in [-0.25, -0.2) is 15.2 Å². The average Bonchev–Trinajstić information content (AvgIpc) is 3.32. The quantitative estimate of drug-likeness (QED) is 0.351. The number of hydrogen-bond donors (Lipinski definition) is 2. The molecule has 2 heterocycles. The molecule has 0 atom stereocenters. The first-order valence-corrected chi connectivity index (χ1v) is 9.32. The molecule has 4 aromatic rings. The van der Waals surface area contributed by atoms with Crippen LogP contribution in [0.15, 0.2) is 82.5 Å². The number of hydrazone groups is 1. The van der Waals surface area contributed by atoms with Crippen molar-refractivity contribution >= 4 is 29.0 Å². The van der Waals surface area contributed by atoms with Gasteiger partial charge in [-0.15, -0.1) is 0 Å². The number of ether oxygens (including phenoxy) is 1. The minimum atomic E-state index is -1.09. The van der Waals surface area contributed by atoms with E-state index in [-0.39, 0.29) is 0 Å². The topological polar surface area (TPSA) is 114 Å². The van der Waals surface area contributed by atoms with E-state index < -0.39 is 18.5 Å². The third-order valence-electron chi connectivity index (χ3n) is 4.37. The molecule has 2 aromatic heterocycles. The zero-order valence-electron chi connectivity index (χ0n) is 16.2. The van der Waals surface area contributed by atoms with Crippen LogP contribution in [0.4, 0.5) is 0 Å². The number of furan rings is 1. The van der Waals surface area contributed by atoms with Gasteiger partial charge in [-0.1, -0.05) is 30.3 Å². The molecule has 0 unspecified atom stereocenters. The van der Waals surface area contributed by atoms with Crippen LogP contribution < -0.4 is 10.2 Å². The van der Waals surface area contributed by atoms with E-state index in [1.54, 1.807) is 48.7 Å². The Morgan fingerprint density at radius 3 is 2.71 bits per heavy atom. The Bertz CT molecular complexity index is 1270. The Morgan fingerprint density at radius 1 is 1.10 bits per heavy atom. The molecule has 0 aliphatic heterocycles. The van der Waals surface area contributed by atoms with Gasteiger partial charge in [0.1, 0.15) is 11.4 Å². The molecule has 0 aliphatic carbocycles. The Morgan fingerprint density at radius 2 is 1.90 bits per heavy atom. The second-order valence-corrected chi connectivity index (χ2v) is 6.47. The van der Waals surface area contributed by atoms with Crippen LogP contribution in [-0.4, -0.2) is 34.8 Å². The average molecular weight is 415 g/mol. The van der Waals surface area contributed by atoms with E-state index >= 15 is 0 Å². The minimum Gasteiger partial charge on any atom is -0.481 e. The summed E-state index contributed by atoms with van der Waals surface area (Å²) < 4.78 is 10.6. The number of fused-ring (bicyclic) bond motifs is 1. The number of nitrogens with zero attached hydrogens (tertiary/aromatic N) is 2. The van der Waals surface area contributed by atoms with Crippen molar-refractivity contribution in [2.45, 2.75) is 0 Å². The van der Waals surface area contributed by atoms with Gasteiger partial charge in [-0.2, -0.15) is 5.10 Å². The van der Waals surface area contributed by atoms with E-state index in [2.05, 4.69) is 15.5 Å². The molecule has 0 fully saturated rings. The summed E-state index contributed by atoms with van der Waals surface area (Å²) in [5.41, 5.74) is 4.61. The van der Waals surface area contributed by atoms with Crippen LogP contribution in [-0.2, 0) is 4.79 Å². The summed E-state index contributed by atoms with van der Waals surface area (Å²) in [5.74, 6) is -0.617. The zero-order valence-corrected chi connectivity index (χ0v) is 16.2. The van der Waals surface area contributed by atoms with Crippen molar-refractivity contribution in [2.75, 3.05) is 6.61 Å². The molecule has 0 saturated carbocycles. The fourth-order valence-corrected chi connectivity index (χ4v) is 2.99. The van der Waals surface area contributed by atoms with Gasteiger partial charge >= 0.3 is 5.97 Å². The number of carbonyl (C=O) groups is 2. The number of rotatable bonds is 7. The van der Waals surface area contributed by atoms with Crippen LogP contribution >= 0.6 is 0 Å². The van der Waals surface area contributed by atoms with Crippen LogP contribution in [0.3, 0.4) is 0 Å². The Hall–Kier alpha value is -4.46. The molecule has 0 saturated heterocycles. The zero-order chi connectivity index (χ0) is 21.6. The molecular weight excluding hydrogens is 398 g/mol. The van der Waals surface area contributed by atoms with Gasteiger partial charge < -0.3 is 14.3 Å². The second kappa shape index (κ2) is 8.91. The standard InChI is InChI=1S/C23H17N3O5/c27-22(28)14-31-20-9-4-1-6-15(20)13-24-26-23(29)17-12-19(21-10-5-11-30-21)25-18-8-3-2-7-16(17)18/h1-13H,14H2,(H,26,29)(H,27,28)/b24-13-. The van der Waals surface area contributed by atoms with Crippen molar-refractivity contribution in [3.63, 3.8) is 0 Å². The molecule has 0 spiro atoms. The molecule has 154 valence electrons. The van der Waals surface area contributed by atoms with Crippen molar-refractivity contribution in [1.29, 1.82) is 0 Å². The number of amides is 1. The van der Waals surface area contributed by atoms with Crippen LogP contribution in [0.2, 0.25) is 0 Å². The molecule has 8 nitrogen and oxygen atoms in total. The van der Waals surface area contributed by atoms with Gasteiger partial charge in [-0.05, 0) is 36.4 Å². The normalized spacial score (nSPS) is 11.0. The number of para-hydroxylation sites is 2. The Labute approximate surface area is 176 Å². The van der Waals surface area contributed by atoms with Gasteiger partial charge in [0.15, 0.2) is 12.4 Å². The predicted molar refractivity (Wildman–Crippen MR) is 114 cm³/mol. The molecule has 31 heavy (non-hydrogen) atoms. The fraction of sp³-hybridized carbons (Fsp3) is 0.0435. The van der Waals surface area contributed by atoms with Crippen molar-refractivity contribution < 1.29 is 23.8 Å². The van der Waals surface area contributed by atoms with Crippen LogP contribution in [0.25, 0.3) is 22.4 Å². The van der Waals surface area contributed by atoms with Crippen LogP contribution in [0.5, 0.6) is 5.75 Å². The van der Waals surface area contributed by atoms with Crippen molar-refractivity contribution in [1.82, 2.24) is 10.4 Å². The largest absolute Gasteiger partial charge is 0.481 e. The molecule has 8 heteroatoms. The van der Waals surface area contributed by atoms with Gasteiger partial charge in [0, 0.05) is 10.9 Å². The van der Waals surface area contributed by atoms with Crippen LogP contribution in [0, 0.1) is 0 Å². The number of benzene rings is 2. The van der Waals surface area contributed by atoms with E-state index in [1.165, 1.54) is 6.21 Å². The Balaban J connectivity index is 1.59. The van der Waals surface area contributed by atoms with E-state index in [1.807, 2.05) is 24.3 Å². The molecule has 1 amide bonds. The van der Waals surface area contributed by atoms with Crippen LogP contribution in [0.1, 0.15) is 15.9 Å². The smallest absolute Gasteiger partial charge is 0.341 e. The second-order valence-electron chi connectivity index (χ2n) is 6.47. The van der Waals surface area contributed by atoms with Gasteiger partial charge in [0.05, 0.1) is 23.6 Å². The summed E-state index contributed by atoms with van der Waals surface area (Å²) in [6.07, 6.45) is 2.94. The molecular formula is C23H17N3O5. The van der Waals surface area contributed by atoms with Gasteiger partial charge in [-0.3, -0.25) is 4.79 Å². The number of carbonyl (C=O) groups excluding carboxylic acids is 1. The number of aliphatic carboxylic acids is 1. The van der Waals surface area contributed by atoms with Crippen molar-refractivity contribution in [2.24, 2.45) is 5.10 Å². The lowest BCUT2D eigenvalue weighted by Crippen LogP contribution is -2.18. The highest BCUT2D eigenvalue weighted by Gasteiger charge is 2.14. The first kappa shape index (κ1) is 19.8. The lowest BCUT2D eigenvalue weighted by Gasteiger charge is -2.08. The summed E-state index contributed by atoms with van der Waals surface area (Å²) in [5, 5.41) is 13.5. The lowest BCUT2D eigenvalue weighted by atomic mass is 10.1. The highest BCUT2D eigenvalue weighted by atomic mass is 16.5. The highest BCUT2D eigenvalue weighted by molar-refractivity contribution is 6.07. The SMILES string of the molecule is O=C(O)COc1ccccc1/C=N\NC(=O)c1cc(-c2ccco2)nc2ccccc12. The van der Waals surface area contributed by atoms with Gasteiger partial charge in [0.2, 0.25) is 0 Å².